The van der Waals surface area contributed by atoms with Gasteiger partial charge < -0.3 is 10.2 Å². The van der Waals surface area contributed by atoms with E-state index in [9.17, 15) is 18.0 Å². The number of anilines is 1. The van der Waals surface area contributed by atoms with E-state index in [1.165, 1.54) is 10.6 Å². The highest BCUT2D eigenvalue weighted by molar-refractivity contribution is 9.10. The van der Waals surface area contributed by atoms with Crippen LogP contribution >= 0.6 is 15.9 Å². The van der Waals surface area contributed by atoms with Crippen LogP contribution in [-0.2, 0) is 32.6 Å². The monoisotopic (exact) mass is 641 g/mol. The van der Waals surface area contributed by atoms with Crippen molar-refractivity contribution in [3.63, 3.8) is 0 Å². The van der Waals surface area contributed by atoms with E-state index in [0.717, 1.165) is 34.0 Å². The topological polar surface area (TPSA) is 86.8 Å². The number of nitrogens with one attached hydrogen (secondary N) is 1. The number of benzene rings is 3. The van der Waals surface area contributed by atoms with Gasteiger partial charge in [0.2, 0.25) is 21.8 Å². The zero-order chi connectivity index (χ0) is 29.8. The number of nitrogens with zero attached hydrogens (tertiary/aromatic N) is 2. The molecule has 3 rings (SSSR count). The van der Waals surface area contributed by atoms with Crippen LogP contribution in [0.5, 0.6) is 0 Å². The minimum Gasteiger partial charge on any atom is -0.354 e. The van der Waals surface area contributed by atoms with Crippen molar-refractivity contribution < 1.29 is 18.0 Å². The molecule has 1 N–H and O–H groups in total. The second kappa shape index (κ2) is 15.7. The zero-order valence-corrected chi connectivity index (χ0v) is 26.5. The molecule has 3 aromatic rings. The summed E-state index contributed by atoms with van der Waals surface area (Å²) in [6.07, 6.45) is 3.76. The van der Waals surface area contributed by atoms with Crippen LogP contribution in [0, 0.1) is 6.92 Å². The van der Waals surface area contributed by atoms with Crippen molar-refractivity contribution in [2.45, 2.75) is 58.5 Å². The fraction of sp³-hybridized carbons (Fsp3) is 0.375. The number of carbonyl (C=O) groups excluding carboxylic acids is 2. The Bertz CT molecular complexity index is 1380. The van der Waals surface area contributed by atoms with Gasteiger partial charge in [0, 0.05) is 36.9 Å². The van der Waals surface area contributed by atoms with Crippen LogP contribution in [0.2, 0.25) is 0 Å². The Kier molecular flexibility index (Phi) is 12.4. The minimum absolute atomic E-state index is 0.0991. The standard InChI is InChI=1S/C32H40BrN3O4S/c1-4-5-20-34-32(38)30(23-26-12-7-6-8-13-26)35(24-27-16-18-28(33)19-17-27)31(37)15-10-21-36(41(3,39)40)29-14-9-11-25(2)22-29/h6-9,11-14,16-19,22,30H,4-5,10,15,20-21,23-24H2,1-3H3,(H,34,38)/t30-/m1/s1. The van der Waals surface area contributed by atoms with Gasteiger partial charge in [-0.05, 0) is 60.7 Å². The molecule has 0 aliphatic carbocycles. The average molecular weight is 643 g/mol. The molecule has 0 saturated heterocycles. The number of amides is 2. The number of hydrogen-bond donors (Lipinski definition) is 1. The molecule has 0 aromatic heterocycles. The fourth-order valence-corrected chi connectivity index (χ4v) is 5.86. The molecular weight excluding hydrogens is 602 g/mol. The largest absolute Gasteiger partial charge is 0.354 e. The lowest BCUT2D eigenvalue weighted by Crippen LogP contribution is -2.50. The molecule has 0 saturated carbocycles. The molecule has 2 amide bonds. The van der Waals surface area contributed by atoms with Crippen LogP contribution in [0.25, 0.3) is 0 Å². The average Bonchev–Trinajstić information content (AvgIpc) is 2.94. The quantitative estimate of drug-likeness (QED) is 0.211. The lowest BCUT2D eigenvalue weighted by molar-refractivity contribution is -0.141. The van der Waals surface area contributed by atoms with Crippen molar-refractivity contribution >= 4 is 43.5 Å². The number of unbranched alkanes of at least 4 members (excludes halogenated alkanes) is 1. The van der Waals surface area contributed by atoms with Crippen LogP contribution in [0.4, 0.5) is 5.69 Å². The Morgan fingerprint density at radius 1 is 0.927 bits per heavy atom. The molecule has 220 valence electrons. The Balaban J connectivity index is 1.86. The number of rotatable bonds is 15. The second-order valence-corrected chi connectivity index (χ2v) is 13.1. The summed E-state index contributed by atoms with van der Waals surface area (Å²) in [5.74, 6) is -0.387. The fourth-order valence-electron chi connectivity index (χ4n) is 4.63. The molecule has 0 heterocycles. The first-order chi connectivity index (χ1) is 19.6. The molecule has 9 heteroatoms. The van der Waals surface area contributed by atoms with E-state index >= 15 is 0 Å². The van der Waals surface area contributed by atoms with Gasteiger partial charge in [0.15, 0.2) is 0 Å². The SMILES string of the molecule is CCCCNC(=O)[C@@H](Cc1ccccc1)N(Cc1ccc(Br)cc1)C(=O)CCCN(c1cccc(C)c1)S(C)(=O)=O. The van der Waals surface area contributed by atoms with E-state index < -0.39 is 16.1 Å². The molecule has 1 atom stereocenters. The molecular formula is C32H40BrN3O4S. The summed E-state index contributed by atoms with van der Waals surface area (Å²) in [4.78, 5) is 29.1. The van der Waals surface area contributed by atoms with E-state index in [-0.39, 0.29) is 31.3 Å². The molecule has 3 aromatic carbocycles. The van der Waals surface area contributed by atoms with Gasteiger partial charge in [-0.2, -0.15) is 0 Å². The Morgan fingerprint density at radius 2 is 1.63 bits per heavy atom. The molecule has 41 heavy (non-hydrogen) atoms. The number of hydrogen-bond acceptors (Lipinski definition) is 4. The van der Waals surface area contributed by atoms with Crippen molar-refractivity contribution in [1.29, 1.82) is 0 Å². The van der Waals surface area contributed by atoms with Crippen LogP contribution in [-0.4, -0.2) is 50.5 Å². The maximum Gasteiger partial charge on any atom is 0.243 e. The van der Waals surface area contributed by atoms with Gasteiger partial charge in [-0.3, -0.25) is 13.9 Å². The Labute approximate surface area is 253 Å². The number of aryl methyl sites for hydroxylation is 1. The van der Waals surface area contributed by atoms with Gasteiger partial charge >= 0.3 is 0 Å². The van der Waals surface area contributed by atoms with Gasteiger partial charge in [-0.1, -0.05) is 83.9 Å². The maximum atomic E-state index is 13.9. The summed E-state index contributed by atoms with van der Waals surface area (Å²) >= 11 is 3.46. The summed E-state index contributed by atoms with van der Waals surface area (Å²) in [7, 11) is -3.55. The lowest BCUT2D eigenvalue weighted by atomic mass is 10.0. The maximum absolute atomic E-state index is 13.9. The summed E-state index contributed by atoms with van der Waals surface area (Å²) < 4.78 is 27.5. The molecule has 0 aliphatic rings. The zero-order valence-electron chi connectivity index (χ0n) is 24.1. The first-order valence-corrected chi connectivity index (χ1v) is 16.6. The van der Waals surface area contributed by atoms with Gasteiger partial charge in [0.25, 0.3) is 0 Å². The third-order valence-corrected chi connectivity index (χ3v) is 8.53. The minimum atomic E-state index is -3.55. The van der Waals surface area contributed by atoms with Gasteiger partial charge in [-0.15, -0.1) is 0 Å². The van der Waals surface area contributed by atoms with Crippen molar-refractivity contribution in [2.24, 2.45) is 0 Å². The normalized spacial score (nSPS) is 12.0. The van der Waals surface area contributed by atoms with E-state index in [4.69, 9.17) is 0 Å². The highest BCUT2D eigenvalue weighted by Gasteiger charge is 2.30. The molecule has 0 spiro atoms. The highest BCUT2D eigenvalue weighted by Crippen LogP contribution is 2.21. The Hall–Kier alpha value is -3.17. The van der Waals surface area contributed by atoms with E-state index in [1.807, 2.05) is 79.7 Å². The summed E-state index contributed by atoms with van der Waals surface area (Å²) in [6, 6.07) is 24.0. The molecule has 0 aliphatic heterocycles. The second-order valence-electron chi connectivity index (χ2n) is 10.3. The highest BCUT2D eigenvalue weighted by atomic mass is 79.9. The van der Waals surface area contributed by atoms with Crippen LogP contribution in [0.3, 0.4) is 0 Å². The number of carbonyl (C=O) groups is 2. The van der Waals surface area contributed by atoms with Gasteiger partial charge in [0.05, 0.1) is 11.9 Å². The smallest absolute Gasteiger partial charge is 0.243 e. The predicted octanol–water partition coefficient (Wildman–Crippen LogP) is 5.86. The molecule has 0 radical (unpaired) electrons. The molecule has 0 unspecified atom stereocenters. The third-order valence-electron chi connectivity index (χ3n) is 6.81. The molecule has 0 fully saturated rings. The van der Waals surface area contributed by atoms with Crippen molar-refractivity contribution in [3.8, 4) is 0 Å². The molecule has 0 bridgehead atoms. The van der Waals surface area contributed by atoms with E-state index in [1.54, 1.807) is 11.0 Å². The van der Waals surface area contributed by atoms with Crippen LogP contribution in [0.1, 0.15) is 49.3 Å². The van der Waals surface area contributed by atoms with Crippen molar-refractivity contribution in [2.75, 3.05) is 23.7 Å². The lowest BCUT2D eigenvalue weighted by Gasteiger charge is -2.32. The van der Waals surface area contributed by atoms with Crippen molar-refractivity contribution in [1.82, 2.24) is 10.2 Å². The van der Waals surface area contributed by atoms with Crippen LogP contribution < -0.4 is 9.62 Å². The van der Waals surface area contributed by atoms with Gasteiger partial charge in [-0.25, -0.2) is 8.42 Å². The van der Waals surface area contributed by atoms with Crippen LogP contribution in [0.15, 0.2) is 83.3 Å². The van der Waals surface area contributed by atoms with Gasteiger partial charge in [0.1, 0.15) is 6.04 Å². The first kappa shape index (κ1) is 32.3. The van der Waals surface area contributed by atoms with E-state index in [2.05, 4.69) is 28.2 Å². The van der Waals surface area contributed by atoms with Crippen molar-refractivity contribution in [3.05, 3.63) is 100 Å². The summed E-state index contributed by atoms with van der Waals surface area (Å²) in [5, 5.41) is 3.03. The summed E-state index contributed by atoms with van der Waals surface area (Å²) in [6.45, 7) is 4.94. The van der Waals surface area contributed by atoms with E-state index in [0.29, 0.717) is 25.1 Å². The Morgan fingerprint density at radius 3 is 2.27 bits per heavy atom. The third kappa shape index (κ3) is 10.3. The first-order valence-electron chi connectivity index (χ1n) is 14.0. The number of halogens is 1. The predicted molar refractivity (Wildman–Crippen MR) is 169 cm³/mol. The summed E-state index contributed by atoms with van der Waals surface area (Å²) in [5.41, 5.74) is 3.38. The number of sulfonamides is 1. The molecule has 7 nitrogen and oxygen atoms in total.